The van der Waals surface area contributed by atoms with E-state index in [0.717, 1.165) is 25.7 Å². The maximum atomic E-state index is 12.7. The Kier molecular flexibility index (Phi) is 4.79. The molecule has 122 valence electrons. The second-order valence-electron chi connectivity index (χ2n) is 6.50. The van der Waals surface area contributed by atoms with Crippen LogP contribution in [-0.4, -0.2) is 29.8 Å². The predicted molar refractivity (Wildman–Crippen MR) is 89.6 cm³/mol. The van der Waals surface area contributed by atoms with Gasteiger partial charge in [0.1, 0.15) is 0 Å². The molecule has 1 aliphatic carbocycles. The number of likely N-dealkylation sites (tertiary alicyclic amines) is 1. The highest BCUT2D eigenvalue weighted by Crippen LogP contribution is 2.39. The summed E-state index contributed by atoms with van der Waals surface area (Å²) in [5, 5.41) is 2.87. The van der Waals surface area contributed by atoms with Crippen molar-refractivity contribution in [1.29, 1.82) is 0 Å². The number of hydrogen-bond donors (Lipinski definition) is 1. The topological polar surface area (TPSA) is 49.4 Å². The first-order chi connectivity index (χ1) is 11.2. The van der Waals surface area contributed by atoms with Crippen molar-refractivity contribution in [3.05, 3.63) is 48.6 Å². The third-order valence-corrected chi connectivity index (χ3v) is 4.77. The summed E-state index contributed by atoms with van der Waals surface area (Å²) in [4.78, 5) is 26.9. The van der Waals surface area contributed by atoms with Crippen LogP contribution in [0.25, 0.3) is 0 Å². The van der Waals surface area contributed by atoms with E-state index in [4.69, 9.17) is 0 Å². The molecule has 1 aliphatic heterocycles. The first-order valence-corrected chi connectivity index (χ1v) is 8.44. The van der Waals surface area contributed by atoms with E-state index in [0.29, 0.717) is 13.1 Å². The molecule has 2 atom stereocenters. The molecule has 1 aromatic rings. The summed E-state index contributed by atoms with van der Waals surface area (Å²) in [6, 6.07) is 10.3. The Bertz CT molecular complexity index is 580. The van der Waals surface area contributed by atoms with Crippen molar-refractivity contribution in [1.82, 2.24) is 10.2 Å². The maximum absolute atomic E-state index is 12.7. The van der Waals surface area contributed by atoms with Crippen LogP contribution in [0.5, 0.6) is 0 Å². The molecule has 0 aromatic heterocycles. The van der Waals surface area contributed by atoms with Crippen LogP contribution in [0.2, 0.25) is 0 Å². The number of benzene rings is 1. The van der Waals surface area contributed by atoms with Crippen molar-refractivity contribution >= 4 is 11.8 Å². The number of rotatable bonds is 5. The zero-order valence-electron chi connectivity index (χ0n) is 13.4. The van der Waals surface area contributed by atoms with Gasteiger partial charge in [0.15, 0.2) is 0 Å². The third kappa shape index (κ3) is 3.63. The zero-order valence-corrected chi connectivity index (χ0v) is 13.4. The Balaban J connectivity index is 1.75. The number of carbonyl (C=O) groups excluding carboxylic acids is 2. The summed E-state index contributed by atoms with van der Waals surface area (Å²) in [5.41, 5.74) is 1.17. The summed E-state index contributed by atoms with van der Waals surface area (Å²) >= 11 is 0. The quantitative estimate of drug-likeness (QED) is 0.850. The van der Waals surface area contributed by atoms with E-state index in [-0.39, 0.29) is 29.7 Å². The van der Waals surface area contributed by atoms with Gasteiger partial charge >= 0.3 is 0 Å². The fourth-order valence-corrected chi connectivity index (χ4v) is 3.33. The van der Waals surface area contributed by atoms with E-state index in [1.54, 1.807) is 6.08 Å². The molecule has 3 rings (SSSR count). The van der Waals surface area contributed by atoms with Gasteiger partial charge in [0.2, 0.25) is 11.8 Å². The lowest BCUT2D eigenvalue weighted by atomic mass is 9.88. The molecule has 2 fully saturated rings. The second-order valence-corrected chi connectivity index (χ2v) is 6.50. The standard InChI is InChI=1S/C19H24N2O2/c1-2-12-20-18(22)16-10-11-17(14-6-4-3-5-7-14)21(13-16)19(23)15-8-9-15/h2-7,15-17H,1,8-13H2,(H,20,22). The van der Waals surface area contributed by atoms with Gasteiger partial charge in [-0.25, -0.2) is 0 Å². The molecule has 1 saturated carbocycles. The normalized spacial score (nSPS) is 24.1. The van der Waals surface area contributed by atoms with Gasteiger partial charge < -0.3 is 10.2 Å². The van der Waals surface area contributed by atoms with Gasteiger partial charge in [-0.05, 0) is 31.2 Å². The highest BCUT2D eigenvalue weighted by Gasteiger charge is 2.41. The van der Waals surface area contributed by atoms with Crippen LogP contribution in [0.4, 0.5) is 0 Å². The average Bonchev–Trinajstić information content (AvgIpc) is 3.44. The van der Waals surface area contributed by atoms with Gasteiger partial charge in [-0.15, -0.1) is 6.58 Å². The Hall–Kier alpha value is -2.10. The van der Waals surface area contributed by atoms with E-state index in [2.05, 4.69) is 24.0 Å². The lowest BCUT2D eigenvalue weighted by Gasteiger charge is -2.39. The number of hydrogen-bond acceptors (Lipinski definition) is 2. The number of nitrogens with zero attached hydrogens (tertiary/aromatic N) is 1. The molecule has 0 bridgehead atoms. The molecule has 2 unspecified atom stereocenters. The molecule has 2 amide bonds. The van der Waals surface area contributed by atoms with Crippen molar-refractivity contribution in [3.63, 3.8) is 0 Å². The maximum Gasteiger partial charge on any atom is 0.226 e. The fourth-order valence-electron chi connectivity index (χ4n) is 3.33. The lowest BCUT2D eigenvalue weighted by molar-refractivity contribution is -0.140. The number of piperidine rings is 1. The lowest BCUT2D eigenvalue weighted by Crippen LogP contribution is -2.47. The van der Waals surface area contributed by atoms with E-state index in [9.17, 15) is 9.59 Å². The van der Waals surface area contributed by atoms with Crippen molar-refractivity contribution in [2.45, 2.75) is 31.7 Å². The third-order valence-electron chi connectivity index (χ3n) is 4.77. The first-order valence-electron chi connectivity index (χ1n) is 8.44. The van der Waals surface area contributed by atoms with Crippen LogP contribution in [0.15, 0.2) is 43.0 Å². The largest absolute Gasteiger partial charge is 0.352 e. The molecule has 1 heterocycles. The average molecular weight is 312 g/mol. The van der Waals surface area contributed by atoms with Crippen molar-refractivity contribution in [3.8, 4) is 0 Å². The molecule has 0 radical (unpaired) electrons. The van der Waals surface area contributed by atoms with Gasteiger partial charge in [0, 0.05) is 19.0 Å². The van der Waals surface area contributed by atoms with Crippen LogP contribution in [0.3, 0.4) is 0 Å². The smallest absolute Gasteiger partial charge is 0.226 e. The first kappa shape index (κ1) is 15.8. The molecule has 2 aliphatic rings. The van der Waals surface area contributed by atoms with Crippen LogP contribution in [0, 0.1) is 11.8 Å². The summed E-state index contributed by atoms with van der Waals surface area (Å²) in [6.07, 6.45) is 5.32. The molecule has 1 N–H and O–H groups in total. The molecule has 1 aromatic carbocycles. The SMILES string of the molecule is C=CCNC(=O)C1CCC(c2ccccc2)N(C(=O)C2CC2)C1. The zero-order chi connectivity index (χ0) is 16.2. The van der Waals surface area contributed by atoms with Crippen LogP contribution in [-0.2, 0) is 9.59 Å². The summed E-state index contributed by atoms with van der Waals surface area (Å²) < 4.78 is 0. The summed E-state index contributed by atoms with van der Waals surface area (Å²) in [6.45, 7) is 4.63. The Labute approximate surface area is 137 Å². The highest BCUT2D eigenvalue weighted by atomic mass is 16.2. The molecule has 0 spiro atoms. The Morgan fingerprint density at radius 3 is 2.48 bits per heavy atom. The van der Waals surface area contributed by atoms with E-state index < -0.39 is 0 Å². The second kappa shape index (κ2) is 6.99. The van der Waals surface area contributed by atoms with Gasteiger partial charge in [-0.2, -0.15) is 0 Å². The minimum absolute atomic E-state index is 0.0324. The highest BCUT2D eigenvalue weighted by molar-refractivity contribution is 5.84. The Morgan fingerprint density at radius 1 is 1.13 bits per heavy atom. The summed E-state index contributed by atoms with van der Waals surface area (Å²) in [7, 11) is 0. The minimum atomic E-state index is -0.113. The van der Waals surface area contributed by atoms with Crippen LogP contribution < -0.4 is 5.32 Å². The van der Waals surface area contributed by atoms with E-state index in [1.165, 1.54) is 5.56 Å². The predicted octanol–water partition coefficient (Wildman–Crippen LogP) is 2.68. The van der Waals surface area contributed by atoms with Crippen LogP contribution >= 0.6 is 0 Å². The van der Waals surface area contributed by atoms with Crippen molar-refractivity contribution in [2.75, 3.05) is 13.1 Å². The van der Waals surface area contributed by atoms with Gasteiger partial charge in [-0.1, -0.05) is 36.4 Å². The molecule has 23 heavy (non-hydrogen) atoms. The number of nitrogens with one attached hydrogen (secondary N) is 1. The van der Waals surface area contributed by atoms with E-state index in [1.807, 2.05) is 23.1 Å². The van der Waals surface area contributed by atoms with Gasteiger partial charge in [0.05, 0.1) is 12.0 Å². The van der Waals surface area contributed by atoms with Crippen LogP contribution in [0.1, 0.15) is 37.3 Å². The summed E-state index contributed by atoms with van der Waals surface area (Å²) in [5.74, 6) is 0.318. The number of amides is 2. The monoisotopic (exact) mass is 312 g/mol. The van der Waals surface area contributed by atoms with Gasteiger partial charge in [0.25, 0.3) is 0 Å². The molecular weight excluding hydrogens is 288 g/mol. The van der Waals surface area contributed by atoms with Crippen molar-refractivity contribution < 1.29 is 9.59 Å². The fraction of sp³-hybridized carbons (Fsp3) is 0.474. The van der Waals surface area contributed by atoms with Gasteiger partial charge in [-0.3, -0.25) is 9.59 Å². The number of carbonyl (C=O) groups is 2. The Morgan fingerprint density at radius 2 is 1.83 bits per heavy atom. The molecular formula is C19H24N2O2. The van der Waals surface area contributed by atoms with E-state index >= 15 is 0 Å². The molecule has 4 nitrogen and oxygen atoms in total. The molecule has 4 heteroatoms. The van der Waals surface area contributed by atoms with Crippen molar-refractivity contribution in [2.24, 2.45) is 11.8 Å². The minimum Gasteiger partial charge on any atom is -0.352 e. The molecule has 1 saturated heterocycles.